The normalized spacial score (nSPS) is 7.00. The van der Waals surface area contributed by atoms with Crippen molar-refractivity contribution in [3.05, 3.63) is 42.0 Å². The predicted molar refractivity (Wildman–Crippen MR) is 92.5 cm³/mol. The maximum absolute atomic E-state index is 10.4. The topological polar surface area (TPSA) is 26.3 Å². The molecule has 2 heteroatoms. The van der Waals surface area contributed by atoms with Gasteiger partial charge in [0.25, 0.3) is 0 Å². The monoisotopic (exact) mass is 272 g/mol. The lowest BCUT2D eigenvalue weighted by Gasteiger charge is -1.94. The van der Waals surface area contributed by atoms with Crippen molar-refractivity contribution < 1.29 is 9.53 Å². The molecule has 0 spiro atoms. The first kappa shape index (κ1) is 36.0. The maximum Gasteiger partial charge on any atom is 0.302 e. The largest absolute Gasteiger partial charge is 0.462 e. The van der Waals surface area contributed by atoms with Crippen LogP contribution in [-0.4, -0.2) is 12.6 Å². The first-order valence-corrected chi connectivity index (χ1v) is 4.14. The Morgan fingerprint density at radius 3 is 1.89 bits per heavy atom. The van der Waals surface area contributed by atoms with Crippen molar-refractivity contribution in [2.45, 2.75) is 51.5 Å². The number of esters is 1. The third kappa shape index (κ3) is 19.0. The molecule has 19 heavy (non-hydrogen) atoms. The van der Waals surface area contributed by atoms with Crippen LogP contribution >= 0.6 is 0 Å². The van der Waals surface area contributed by atoms with E-state index in [2.05, 4.69) is 0 Å². The molecule has 0 radical (unpaired) electrons. The summed E-state index contributed by atoms with van der Waals surface area (Å²) in [6.07, 6.45) is 3.74. The van der Waals surface area contributed by atoms with Crippen molar-refractivity contribution in [1.29, 1.82) is 0 Å². The Kier molecular flexibility index (Phi) is 41.1. The van der Waals surface area contributed by atoms with Crippen molar-refractivity contribution in [1.82, 2.24) is 0 Å². The van der Waals surface area contributed by atoms with Crippen LogP contribution in [0.5, 0.6) is 0 Å². The molecule has 0 aliphatic rings. The zero-order valence-corrected chi connectivity index (χ0v) is 7.57. The van der Waals surface area contributed by atoms with E-state index in [1.54, 1.807) is 0 Å². The van der Waals surface area contributed by atoms with Crippen LogP contribution in [-0.2, 0) is 9.53 Å². The Hall–Kier alpha value is -1.57. The zero-order valence-electron chi connectivity index (χ0n) is 7.57. The van der Waals surface area contributed by atoms with Crippen LogP contribution in [0, 0.1) is 0 Å². The molecule has 1 aromatic carbocycles. The van der Waals surface area contributed by atoms with Crippen molar-refractivity contribution >= 4 is 12.0 Å². The van der Waals surface area contributed by atoms with Gasteiger partial charge in [-0.15, -0.1) is 0 Å². The van der Waals surface area contributed by atoms with Gasteiger partial charge in [-0.1, -0.05) is 81.0 Å². The standard InChI is InChI=1S/C11H12O2.6CH4/c1-10(12)13-9-5-8-11-6-3-2-4-7-11;;;;;;/h2-8H,9H2,1H3;6*1H4. The number of carbonyl (C=O) groups excluding carboxylic acids is 1. The number of hydrogen-bond acceptors (Lipinski definition) is 2. The maximum atomic E-state index is 10.4. The Bertz CT molecular complexity index is 289. The predicted octanol–water partition coefficient (Wildman–Crippen LogP) is 6.08. The molecule has 0 bridgehead atoms. The van der Waals surface area contributed by atoms with Crippen LogP contribution < -0.4 is 0 Å². The number of carbonyl (C=O) groups is 1. The van der Waals surface area contributed by atoms with Gasteiger partial charge in [0.15, 0.2) is 0 Å². The Balaban J connectivity index is -0.0000000704. The summed E-state index contributed by atoms with van der Waals surface area (Å²) < 4.78 is 4.74. The fourth-order valence-corrected chi connectivity index (χ4v) is 0.914. The van der Waals surface area contributed by atoms with Gasteiger partial charge in [-0.2, -0.15) is 0 Å². The van der Waals surface area contributed by atoms with Crippen LogP contribution in [0.1, 0.15) is 57.0 Å². The number of benzene rings is 1. The van der Waals surface area contributed by atoms with E-state index in [1.807, 2.05) is 42.5 Å². The summed E-state index contributed by atoms with van der Waals surface area (Å²) in [7, 11) is 0. The van der Waals surface area contributed by atoms with Crippen LogP contribution in [0.2, 0.25) is 0 Å². The van der Waals surface area contributed by atoms with E-state index in [-0.39, 0.29) is 50.5 Å². The summed E-state index contributed by atoms with van der Waals surface area (Å²) in [6, 6.07) is 9.87. The van der Waals surface area contributed by atoms with E-state index >= 15 is 0 Å². The summed E-state index contributed by atoms with van der Waals surface area (Å²) in [6.45, 7) is 1.74. The van der Waals surface area contributed by atoms with E-state index < -0.39 is 0 Å². The molecular formula is C17H36O2. The lowest BCUT2D eigenvalue weighted by molar-refractivity contribution is -0.139. The fourth-order valence-electron chi connectivity index (χ4n) is 0.914. The molecule has 2 nitrogen and oxygen atoms in total. The molecule has 0 N–H and O–H groups in total. The molecule has 1 aromatic rings. The molecule has 0 unspecified atom stereocenters. The zero-order chi connectivity index (χ0) is 9.52. The third-order valence-electron chi connectivity index (χ3n) is 1.49. The highest BCUT2D eigenvalue weighted by atomic mass is 16.5. The average molecular weight is 272 g/mol. The molecule has 0 aliphatic carbocycles. The van der Waals surface area contributed by atoms with E-state index in [4.69, 9.17) is 4.74 Å². The van der Waals surface area contributed by atoms with Crippen LogP contribution in [0.25, 0.3) is 6.08 Å². The number of hydrogen-bond donors (Lipinski definition) is 0. The summed E-state index contributed by atoms with van der Waals surface area (Å²) >= 11 is 0. The van der Waals surface area contributed by atoms with E-state index in [0.29, 0.717) is 6.61 Å². The van der Waals surface area contributed by atoms with E-state index in [1.165, 1.54) is 6.92 Å². The number of rotatable bonds is 3. The molecule has 0 saturated carbocycles. The summed E-state index contributed by atoms with van der Waals surface area (Å²) in [4.78, 5) is 10.4. The summed E-state index contributed by atoms with van der Waals surface area (Å²) in [5, 5.41) is 0. The highest BCUT2D eigenvalue weighted by Gasteiger charge is 1.87. The highest BCUT2D eigenvalue weighted by Crippen LogP contribution is 2.00. The van der Waals surface area contributed by atoms with Gasteiger partial charge in [-0.05, 0) is 11.6 Å². The minimum absolute atomic E-state index is 0. The van der Waals surface area contributed by atoms with Gasteiger partial charge in [0.2, 0.25) is 0 Å². The minimum Gasteiger partial charge on any atom is -0.462 e. The molecule has 0 amide bonds. The second-order valence-corrected chi connectivity index (χ2v) is 2.62. The average Bonchev–Trinajstić information content (AvgIpc) is 2.14. The number of ether oxygens (including phenoxy) is 1. The van der Waals surface area contributed by atoms with Gasteiger partial charge in [0.1, 0.15) is 6.61 Å². The third-order valence-corrected chi connectivity index (χ3v) is 1.49. The van der Waals surface area contributed by atoms with Gasteiger partial charge in [0.05, 0.1) is 0 Å². The lowest BCUT2D eigenvalue weighted by Crippen LogP contribution is -1.97. The second kappa shape index (κ2) is 21.7. The van der Waals surface area contributed by atoms with E-state index in [9.17, 15) is 4.79 Å². The van der Waals surface area contributed by atoms with Gasteiger partial charge in [-0.3, -0.25) is 4.79 Å². The molecule has 116 valence electrons. The molecule has 0 atom stereocenters. The molecule has 1 rings (SSSR count). The van der Waals surface area contributed by atoms with Gasteiger partial charge >= 0.3 is 5.97 Å². The van der Waals surface area contributed by atoms with Crippen molar-refractivity contribution in [3.63, 3.8) is 0 Å². The smallest absolute Gasteiger partial charge is 0.302 e. The van der Waals surface area contributed by atoms with Gasteiger partial charge in [-0.25, -0.2) is 0 Å². The lowest BCUT2D eigenvalue weighted by atomic mass is 10.2. The second-order valence-electron chi connectivity index (χ2n) is 2.62. The van der Waals surface area contributed by atoms with Crippen molar-refractivity contribution in [2.24, 2.45) is 0 Å². The Labute approximate surface area is 122 Å². The first-order valence-electron chi connectivity index (χ1n) is 4.14. The van der Waals surface area contributed by atoms with Crippen LogP contribution in [0.15, 0.2) is 36.4 Å². The quantitative estimate of drug-likeness (QED) is 0.623. The summed E-state index contributed by atoms with van der Waals surface area (Å²) in [5.41, 5.74) is 1.11. The minimum atomic E-state index is -0.252. The molecule has 0 fully saturated rings. The van der Waals surface area contributed by atoms with E-state index in [0.717, 1.165) is 5.56 Å². The SMILES string of the molecule is C.C.C.C.C.C.CC(=O)OCC=Cc1ccccc1. The molecule has 0 heterocycles. The van der Waals surface area contributed by atoms with Crippen LogP contribution in [0.4, 0.5) is 0 Å². The molecular weight excluding hydrogens is 236 g/mol. The highest BCUT2D eigenvalue weighted by molar-refractivity contribution is 5.66. The Morgan fingerprint density at radius 2 is 1.47 bits per heavy atom. The van der Waals surface area contributed by atoms with Gasteiger partial charge in [0, 0.05) is 6.92 Å². The fraction of sp³-hybridized carbons (Fsp3) is 0.471. The molecule has 0 aliphatic heterocycles. The first-order chi connectivity index (χ1) is 6.29. The molecule has 0 aromatic heterocycles. The van der Waals surface area contributed by atoms with Crippen LogP contribution in [0.3, 0.4) is 0 Å². The van der Waals surface area contributed by atoms with Crippen molar-refractivity contribution in [2.75, 3.05) is 6.61 Å². The molecule has 0 saturated heterocycles. The van der Waals surface area contributed by atoms with Crippen molar-refractivity contribution in [3.8, 4) is 0 Å². The summed E-state index contributed by atoms with van der Waals surface area (Å²) in [5.74, 6) is -0.252. The Morgan fingerprint density at radius 1 is 1.00 bits per heavy atom. The van der Waals surface area contributed by atoms with Gasteiger partial charge < -0.3 is 4.74 Å².